The van der Waals surface area contributed by atoms with Crippen molar-refractivity contribution < 1.29 is 19.0 Å². The van der Waals surface area contributed by atoms with Crippen LogP contribution in [0.25, 0.3) is 0 Å². The number of hydrogen-bond donors (Lipinski definition) is 0. The molecule has 5 aliphatic rings. The van der Waals surface area contributed by atoms with Gasteiger partial charge in [-0.2, -0.15) is 10.5 Å². The molecular formula is C25H28N2O4. The summed E-state index contributed by atoms with van der Waals surface area (Å²) in [5.41, 5.74) is -1.03. The highest BCUT2D eigenvalue weighted by Crippen LogP contribution is 2.71. The summed E-state index contributed by atoms with van der Waals surface area (Å²) >= 11 is 0. The van der Waals surface area contributed by atoms with Gasteiger partial charge in [-0.1, -0.05) is 6.07 Å². The van der Waals surface area contributed by atoms with Gasteiger partial charge in [0.25, 0.3) is 0 Å². The third kappa shape index (κ3) is 2.64. The molecule has 5 aliphatic carbocycles. The molecular weight excluding hydrogens is 392 g/mol. The Morgan fingerprint density at radius 1 is 0.903 bits per heavy atom. The Balaban J connectivity index is 1.56. The molecule has 0 amide bonds. The molecule has 0 N–H and O–H groups in total. The first-order chi connectivity index (χ1) is 15.0. The molecule has 162 valence electrons. The Labute approximate surface area is 183 Å². The molecule has 1 aromatic carbocycles. The molecule has 1 unspecified atom stereocenters. The van der Waals surface area contributed by atoms with Crippen molar-refractivity contribution >= 4 is 5.78 Å². The van der Waals surface area contributed by atoms with E-state index in [1.807, 2.05) is 0 Å². The lowest BCUT2D eigenvalue weighted by Crippen LogP contribution is -2.50. The number of nitriles is 2. The second-order valence-electron chi connectivity index (χ2n) is 10.0. The summed E-state index contributed by atoms with van der Waals surface area (Å²) < 4.78 is 16.5. The maximum atomic E-state index is 14.1. The van der Waals surface area contributed by atoms with Crippen molar-refractivity contribution in [2.75, 3.05) is 21.3 Å². The third-order valence-corrected chi connectivity index (χ3v) is 8.49. The van der Waals surface area contributed by atoms with E-state index in [2.05, 4.69) is 12.1 Å². The number of Topliss-reactive ketones (excluding diaryl/α,β-unsaturated/α-hetero) is 1. The fourth-order valence-corrected chi connectivity index (χ4v) is 7.59. The average Bonchev–Trinajstić information content (AvgIpc) is 3.45. The van der Waals surface area contributed by atoms with Gasteiger partial charge in [0.05, 0.1) is 39.4 Å². The second-order valence-corrected chi connectivity index (χ2v) is 10.0. The van der Waals surface area contributed by atoms with Gasteiger partial charge >= 0.3 is 0 Å². The number of hydrogen-bond acceptors (Lipinski definition) is 6. The van der Waals surface area contributed by atoms with E-state index in [0.717, 1.165) is 19.3 Å². The van der Waals surface area contributed by atoms with Crippen LogP contribution in [0.5, 0.6) is 17.2 Å². The molecule has 0 spiro atoms. The predicted octanol–water partition coefficient (Wildman–Crippen LogP) is 4.24. The topological polar surface area (TPSA) is 92.3 Å². The Morgan fingerprint density at radius 3 is 1.90 bits per heavy atom. The maximum absolute atomic E-state index is 14.1. The largest absolute Gasteiger partial charge is 0.493 e. The molecule has 0 aromatic heterocycles. The first-order valence-corrected chi connectivity index (χ1v) is 11.1. The monoisotopic (exact) mass is 420 g/mol. The quantitative estimate of drug-likeness (QED) is 0.683. The zero-order chi connectivity index (χ0) is 22.0. The normalized spacial score (nSPS) is 36.2. The van der Waals surface area contributed by atoms with Gasteiger partial charge in [0.2, 0.25) is 5.75 Å². The van der Waals surface area contributed by atoms with Gasteiger partial charge in [-0.15, -0.1) is 0 Å². The molecule has 1 aromatic rings. The van der Waals surface area contributed by atoms with E-state index in [0.29, 0.717) is 40.6 Å². The van der Waals surface area contributed by atoms with Gasteiger partial charge in [-0.05, 0) is 62.3 Å². The van der Waals surface area contributed by atoms with Crippen LogP contribution in [0.1, 0.15) is 50.0 Å². The summed E-state index contributed by atoms with van der Waals surface area (Å²) in [6.07, 6.45) is 6.51. The lowest BCUT2D eigenvalue weighted by molar-refractivity contribution is -0.145. The minimum Gasteiger partial charge on any atom is -0.493 e. The summed E-state index contributed by atoms with van der Waals surface area (Å²) in [4.78, 5) is 14.1. The van der Waals surface area contributed by atoms with Crippen LogP contribution in [-0.2, 0) is 4.79 Å². The number of methoxy groups -OCH3 is 3. The predicted molar refractivity (Wildman–Crippen MR) is 112 cm³/mol. The Morgan fingerprint density at radius 2 is 1.45 bits per heavy atom. The molecule has 6 nitrogen and oxygen atoms in total. The third-order valence-electron chi connectivity index (χ3n) is 8.49. The molecule has 6 rings (SSSR count). The molecule has 5 saturated carbocycles. The molecule has 0 heterocycles. The number of carbonyl (C=O) groups is 1. The highest BCUT2D eigenvalue weighted by atomic mass is 16.5. The van der Waals surface area contributed by atoms with Gasteiger partial charge in [0.15, 0.2) is 16.9 Å². The van der Waals surface area contributed by atoms with Crippen LogP contribution in [0.4, 0.5) is 0 Å². The minimum absolute atomic E-state index is 0.136. The van der Waals surface area contributed by atoms with Crippen LogP contribution < -0.4 is 14.2 Å². The summed E-state index contributed by atoms with van der Waals surface area (Å²) in [6, 6.07) is 8.00. The standard InChI is InChI=1S/C25H28N2O4/c1-29-18-5-4-17(21(30-2)22(18)31-3)19-20(25(19,12-26)13-27)23(28)24-9-14-6-15(10-24)8-16(7-14)11-24/h4-5,14-16,19-20H,6-11H2,1-3H3/t14?,15?,16?,19?,20-,24?/m1/s1. The summed E-state index contributed by atoms with van der Waals surface area (Å²) in [6.45, 7) is 0. The smallest absolute Gasteiger partial charge is 0.203 e. The van der Waals surface area contributed by atoms with Crippen molar-refractivity contribution in [2.45, 2.75) is 44.4 Å². The van der Waals surface area contributed by atoms with Crippen LogP contribution in [-0.4, -0.2) is 27.1 Å². The van der Waals surface area contributed by atoms with E-state index in [9.17, 15) is 15.3 Å². The molecule has 0 saturated heterocycles. The Bertz CT molecular complexity index is 968. The zero-order valence-corrected chi connectivity index (χ0v) is 18.3. The van der Waals surface area contributed by atoms with Crippen LogP contribution >= 0.6 is 0 Å². The van der Waals surface area contributed by atoms with Gasteiger partial charge in [0.1, 0.15) is 5.78 Å². The van der Waals surface area contributed by atoms with Crippen LogP contribution in [0.2, 0.25) is 0 Å². The zero-order valence-electron chi connectivity index (χ0n) is 18.3. The number of benzene rings is 1. The molecule has 4 bridgehead atoms. The van der Waals surface area contributed by atoms with Crippen molar-refractivity contribution in [3.63, 3.8) is 0 Å². The van der Waals surface area contributed by atoms with Crippen LogP contribution in [0.3, 0.4) is 0 Å². The average molecular weight is 421 g/mol. The van der Waals surface area contributed by atoms with Crippen LogP contribution in [0.15, 0.2) is 12.1 Å². The van der Waals surface area contributed by atoms with E-state index < -0.39 is 17.3 Å². The first-order valence-electron chi connectivity index (χ1n) is 11.1. The molecule has 0 radical (unpaired) electrons. The van der Waals surface area contributed by atoms with Gasteiger partial charge < -0.3 is 14.2 Å². The van der Waals surface area contributed by atoms with Crippen LogP contribution in [0, 0.1) is 57.2 Å². The minimum atomic E-state index is -1.35. The number of ketones is 1. The van der Waals surface area contributed by atoms with Crippen molar-refractivity contribution in [1.29, 1.82) is 10.5 Å². The lowest BCUT2D eigenvalue weighted by atomic mass is 9.48. The van der Waals surface area contributed by atoms with Crippen molar-refractivity contribution in [3.8, 4) is 29.4 Å². The molecule has 2 atom stereocenters. The van der Waals surface area contributed by atoms with E-state index in [-0.39, 0.29) is 11.2 Å². The van der Waals surface area contributed by atoms with Crippen molar-refractivity contribution in [3.05, 3.63) is 17.7 Å². The van der Waals surface area contributed by atoms with E-state index in [4.69, 9.17) is 14.2 Å². The molecule has 6 heteroatoms. The summed E-state index contributed by atoms with van der Waals surface area (Å²) in [5.74, 6) is 2.24. The van der Waals surface area contributed by atoms with Gasteiger partial charge in [-0.3, -0.25) is 4.79 Å². The van der Waals surface area contributed by atoms with Gasteiger partial charge in [-0.25, -0.2) is 0 Å². The summed E-state index contributed by atoms with van der Waals surface area (Å²) in [5, 5.41) is 20.1. The second kappa shape index (κ2) is 6.89. The van der Waals surface area contributed by atoms with E-state index in [1.165, 1.54) is 33.5 Å². The van der Waals surface area contributed by atoms with E-state index in [1.54, 1.807) is 19.2 Å². The van der Waals surface area contributed by atoms with E-state index >= 15 is 0 Å². The Hall–Kier alpha value is -2.73. The number of rotatable bonds is 6. The number of nitrogens with zero attached hydrogens (tertiary/aromatic N) is 2. The van der Waals surface area contributed by atoms with Gasteiger partial charge in [0, 0.05) is 16.9 Å². The lowest BCUT2D eigenvalue weighted by Gasteiger charge is -2.56. The fourth-order valence-electron chi connectivity index (χ4n) is 7.59. The van der Waals surface area contributed by atoms with Crippen molar-refractivity contribution in [1.82, 2.24) is 0 Å². The molecule has 5 fully saturated rings. The number of carbonyl (C=O) groups excluding carboxylic acids is 1. The highest BCUT2D eigenvalue weighted by Gasteiger charge is 2.74. The molecule has 31 heavy (non-hydrogen) atoms. The Kier molecular flexibility index (Phi) is 4.49. The SMILES string of the molecule is COc1ccc(C2[C@H](C(=O)C34CC5CC(CC(C5)C3)C4)C2(C#N)C#N)c(OC)c1OC. The highest BCUT2D eigenvalue weighted by molar-refractivity contribution is 5.94. The fraction of sp³-hybridized carbons (Fsp3) is 0.640. The summed E-state index contributed by atoms with van der Waals surface area (Å²) in [7, 11) is 4.60. The maximum Gasteiger partial charge on any atom is 0.203 e. The first kappa shape index (κ1) is 20.2. The number of ether oxygens (including phenoxy) is 3. The molecule has 0 aliphatic heterocycles. The van der Waals surface area contributed by atoms with Crippen molar-refractivity contribution in [2.24, 2.45) is 34.5 Å².